The second kappa shape index (κ2) is 7.40. The minimum absolute atomic E-state index is 0.0703. The Hall–Kier alpha value is -2.93. The summed E-state index contributed by atoms with van der Waals surface area (Å²) in [5.41, 5.74) is 1.88. The summed E-state index contributed by atoms with van der Waals surface area (Å²) in [7, 11) is 0. The number of anilines is 1. The molecule has 1 aliphatic rings. The lowest BCUT2D eigenvalue weighted by Crippen LogP contribution is -2.25. The van der Waals surface area contributed by atoms with E-state index in [1.807, 2.05) is 0 Å². The first kappa shape index (κ1) is 20.3. The van der Waals surface area contributed by atoms with Crippen molar-refractivity contribution in [3.8, 4) is 17.2 Å². The number of aliphatic hydroxyl groups is 1. The number of nitriles is 1. The SMILES string of the molecule is C[C@H](O)n1c(Br)nc(C(=O)O)c1C1Nc2c(ccc(Cl)c2F)-c2cc(C#N)ccc21. The van der Waals surface area contributed by atoms with Crippen LogP contribution in [0.4, 0.5) is 10.1 Å². The first-order valence-corrected chi connectivity index (χ1v) is 9.89. The number of aliphatic hydroxyl groups excluding tert-OH is 1. The van der Waals surface area contributed by atoms with Gasteiger partial charge in [0.1, 0.15) is 6.23 Å². The number of rotatable bonds is 3. The number of nitrogens with one attached hydrogen (secondary N) is 1. The average molecular weight is 492 g/mol. The Bertz CT molecular complexity index is 1250. The molecule has 2 atom stereocenters. The van der Waals surface area contributed by atoms with Crippen molar-refractivity contribution in [3.05, 3.63) is 68.4 Å². The number of imidazole rings is 1. The van der Waals surface area contributed by atoms with E-state index >= 15 is 0 Å². The molecule has 0 saturated carbocycles. The van der Waals surface area contributed by atoms with Gasteiger partial charge in [0.15, 0.2) is 16.2 Å². The quantitative estimate of drug-likeness (QED) is 0.490. The third-order valence-electron chi connectivity index (χ3n) is 4.92. The molecule has 10 heteroatoms. The monoisotopic (exact) mass is 490 g/mol. The van der Waals surface area contributed by atoms with Crippen molar-refractivity contribution in [1.29, 1.82) is 5.26 Å². The third-order valence-corrected chi connectivity index (χ3v) is 5.77. The molecular formula is C20H13BrClFN4O3. The van der Waals surface area contributed by atoms with Crippen LogP contribution in [-0.2, 0) is 0 Å². The summed E-state index contributed by atoms with van der Waals surface area (Å²) in [5.74, 6) is -2.01. The van der Waals surface area contributed by atoms with E-state index in [2.05, 4.69) is 32.3 Å². The predicted molar refractivity (Wildman–Crippen MR) is 111 cm³/mol. The van der Waals surface area contributed by atoms with Gasteiger partial charge in [-0.1, -0.05) is 23.7 Å². The highest BCUT2D eigenvalue weighted by Crippen LogP contribution is 2.47. The average Bonchev–Trinajstić information content (AvgIpc) is 3.07. The summed E-state index contributed by atoms with van der Waals surface area (Å²) in [6, 6.07) is 9.07. The summed E-state index contributed by atoms with van der Waals surface area (Å²) < 4.78 is 16.3. The number of aromatic nitrogens is 2. The topological polar surface area (TPSA) is 111 Å². The zero-order chi connectivity index (χ0) is 21.7. The number of benzene rings is 2. The van der Waals surface area contributed by atoms with E-state index in [1.54, 1.807) is 24.3 Å². The van der Waals surface area contributed by atoms with Gasteiger partial charge in [-0.2, -0.15) is 5.26 Å². The molecule has 30 heavy (non-hydrogen) atoms. The summed E-state index contributed by atoms with van der Waals surface area (Å²) in [4.78, 5) is 15.9. The van der Waals surface area contributed by atoms with Crippen molar-refractivity contribution in [3.63, 3.8) is 0 Å². The van der Waals surface area contributed by atoms with Crippen LogP contribution < -0.4 is 5.32 Å². The number of nitrogens with zero attached hydrogens (tertiary/aromatic N) is 3. The van der Waals surface area contributed by atoms with E-state index in [-0.39, 0.29) is 26.8 Å². The summed E-state index contributed by atoms with van der Waals surface area (Å²) in [6.07, 6.45) is -1.12. The molecule has 0 saturated heterocycles. The Morgan fingerprint density at radius 2 is 2.13 bits per heavy atom. The van der Waals surface area contributed by atoms with Gasteiger partial charge in [-0.15, -0.1) is 0 Å². The molecule has 1 aliphatic heterocycles. The summed E-state index contributed by atoms with van der Waals surface area (Å²) in [5, 5.41) is 32.2. The molecule has 7 nitrogen and oxygen atoms in total. The van der Waals surface area contributed by atoms with Gasteiger partial charge >= 0.3 is 5.97 Å². The van der Waals surface area contributed by atoms with Crippen LogP contribution >= 0.6 is 27.5 Å². The Kier molecular flexibility index (Phi) is 5.02. The van der Waals surface area contributed by atoms with E-state index in [9.17, 15) is 24.7 Å². The molecule has 0 amide bonds. The number of aromatic carboxylic acids is 1. The molecule has 3 aromatic rings. The van der Waals surface area contributed by atoms with E-state index in [0.29, 0.717) is 22.3 Å². The van der Waals surface area contributed by atoms with Gasteiger partial charge < -0.3 is 15.5 Å². The first-order valence-electron chi connectivity index (χ1n) is 8.72. The zero-order valence-electron chi connectivity index (χ0n) is 15.3. The Labute approximate surface area is 183 Å². The smallest absolute Gasteiger partial charge is 0.356 e. The summed E-state index contributed by atoms with van der Waals surface area (Å²) in [6.45, 7) is 1.45. The number of carboxylic acids is 1. The van der Waals surface area contributed by atoms with E-state index in [1.165, 1.54) is 17.6 Å². The van der Waals surface area contributed by atoms with Crippen molar-refractivity contribution in [2.75, 3.05) is 5.32 Å². The number of fused-ring (bicyclic) bond motifs is 3. The van der Waals surface area contributed by atoms with Gasteiger partial charge in [0.05, 0.1) is 34.1 Å². The van der Waals surface area contributed by atoms with E-state index < -0.39 is 24.1 Å². The van der Waals surface area contributed by atoms with Gasteiger partial charge in [0.2, 0.25) is 0 Å². The first-order chi connectivity index (χ1) is 14.2. The van der Waals surface area contributed by atoms with E-state index in [0.717, 1.165) is 0 Å². The number of hydrogen-bond acceptors (Lipinski definition) is 5. The van der Waals surface area contributed by atoms with Crippen LogP contribution in [0.1, 0.15) is 46.5 Å². The maximum Gasteiger partial charge on any atom is 0.356 e. The number of carboxylic acid groups (broad SMARTS) is 1. The molecule has 0 fully saturated rings. The Morgan fingerprint density at radius 1 is 1.40 bits per heavy atom. The number of carbonyl (C=O) groups is 1. The van der Waals surface area contributed by atoms with E-state index in [4.69, 9.17) is 11.6 Å². The van der Waals surface area contributed by atoms with Gasteiger partial charge in [0.25, 0.3) is 0 Å². The standard InChI is InChI=1S/C20H13BrClFN4O3/c1-8(28)27-18(17(19(29)30)26-20(27)21)16-11-3-2-9(7-24)6-12(11)10-4-5-13(22)14(23)15(10)25-16/h2-6,8,16,25,28H,1H3,(H,29,30)/t8-,16?/m0/s1. The highest BCUT2D eigenvalue weighted by Gasteiger charge is 2.35. The van der Waals surface area contributed by atoms with Crippen molar-refractivity contribution in [2.45, 2.75) is 19.2 Å². The van der Waals surface area contributed by atoms with Gasteiger partial charge in [-0.05, 0) is 52.2 Å². The third kappa shape index (κ3) is 3.04. The maximum atomic E-state index is 14.9. The predicted octanol–water partition coefficient (Wildman–Crippen LogP) is 4.70. The van der Waals surface area contributed by atoms with Crippen LogP contribution in [0.25, 0.3) is 11.1 Å². The molecule has 0 radical (unpaired) electrons. The second-order valence-corrected chi connectivity index (χ2v) is 7.81. The molecule has 2 heterocycles. The molecule has 0 spiro atoms. The fourth-order valence-corrected chi connectivity index (χ4v) is 4.49. The van der Waals surface area contributed by atoms with Crippen LogP contribution in [0.5, 0.6) is 0 Å². The molecule has 1 aromatic heterocycles. The molecule has 2 aromatic carbocycles. The van der Waals surface area contributed by atoms with Crippen molar-refractivity contribution in [2.24, 2.45) is 0 Å². The van der Waals surface area contributed by atoms with Gasteiger partial charge in [-0.3, -0.25) is 4.57 Å². The fourth-order valence-electron chi connectivity index (χ4n) is 3.67. The lowest BCUT2D eigenvalue weighted by atomic mass is 9.86. The zero-order valence-corrected chi connectivity index (χ0v) is 17.7. The van der Waals surface area contributed by atoms with Gasteiger partial charge in [0, 0.05) is 5.56 Å². The minimum atomic E-state index is -1.31. The molecule has 3 N–H and O–H groups in total. The number of halogens is 3. The molecule has 1 unspecified atom stereocenters. The normalized spacial score (nSPS) is 15.5. The maximum absolute atomic E-state index is 14.9. The highest BCUT2D eigenvalue weighted by atomic mass is 79.9. The largest absolute Gasteiger partial charge is 0.476 e. The van der Waals surface area contributed by atoms with Crippen molar-refractivity contribution < 1.29 is 19.4 Å². The van der Waals surface area contributed by atoms with Crippen molar-refractivity contribution >= 4 is 39.2 Å². The highest BCUT2D eigenvalue weighted by molar-refractivity contribution is 9.10. The van der Waals surface area contributed by atoms with Crippen LogP contribution in [0.2, 0.25) is 5.02 Å². The fraction of sp³-hybridized carbons (Fsp3) is 0.150. The lowest BCUT2D eigenvalue weighted by Gasteiger charge is -2.32. The Balaban J connectivity index is 2.06. The molecule has 4 rings (SSSR count). The van der Waals surface area contributed by atoms with Crippen LogP contribution in [-0.4, -0.2) is 25.7 Å². The van der Waals surface area contributed by atoms with Crippen molar-refractivity contribution in [1.82, 2.24) is 9.55 Å². The van der Waals surface area contributed by atoms with Gasteiger partial charge in [-0.25, -0.2) is 14.2 Å². The van der Waals surface area contributed by atoms with Crippen LogP contribution in [0, 0.1) is 17.1 Å². The summed E-state index contributed by atoms with van der Waals surface area (Å²) >= 11 is 9.15. The molecule has 0 bridgehead atoms. The molecular weight excluding hydrogens is 479 g/mol. The second-order valence-electron chi connectivity index (χ2n) is 6.70. The van der Waals surface area contributed by atoms with Crippen LogP contribution in [0.15, 0.2) is 35.1 Å². The minimum Gasteiger partial charge on any atom is -0.476 e. The molecule has 152 valence electrons. The van der Waals surface area contributed by atoms with Crippen LogP contribution in [0.3, 0.4) is 0 Å². The number of hydrogen-bond donors (Lipinski definition) is 3. The Morgan fingerprint density at radius 3 is 2.77 bits per heavy atom. The lowest BCUT2D eigenvalue weighted by molar-refractivity contribution is 0.0688. The molecule has 0 aliphatic carbocycles.